The molecule has 5 heterocycles. The number of piperidine rings is 1. The van der Waals surface area contributed by atoms with Gasteiger partial charge in [-0.15, -0.1) is 10.2 Å². The van der Waals surface area contributed by atoms with Crippen LogP contribution in [0, 0.1) is 12.8 Å². The maximum absolute atomic E-state index is 12.1. The molecule has 7 heteroatoms. The molecule has 1 saturated heterocycles. The van der Waals surface area contributed by atoms with Gasteiger partial charge in [0.25, 0.3) is 5.56 Å². The summed E-state index contributed by atoms with van der Waals surface area (Å²) in [6, 6.07) is 5.61. The Morgan fingerprint density at radius 2 is 2.08 bits per heavy atom. The molecule has 0 spiro atoms. The van der Waals surface area contributed by atoms with Gasteiger partial charge in [0.2, 0.25) is 5.65 Å². The van der Waals surface area contributed by atoms with E-state index < -0.39 is 0 Å². The molecule has 0 radical (unpaired) electrons. The van der Waals surface area contributed by atoms with Gasteiger partial charge in [0, 0.05) is 49.7 Å². The Labute approximate surface area is 138 Å². The lowest BCUT2D eigenvalue weighted by Crippen LogP contribution is -2.47. The van der Waals surface area contributed by atoms with E-state index >= 15 is 0 Å². The standard InChI is InChI=1S/C17H18N6O/c1-11-19-20-17-16(18-5-6-22(11)17)21-8-12-7-13(10-21)14-3-2-4-15(24)23(14)9-12/h2-6,12-13H,7-10H2,1H3. The highest BCUT2D eigenvalue weighted by Gasteiger charge is 2.35. The Morgan fingerprint density at radius 3 is 3.00 bits per heavy atom. The fourth-order valence-electron chi connectivity index (χ4n) is 4.22. The molecule has 0 aromatic carbocycles. The molecule has 2 aliphatic rings. The molecule has 24 heavy (non-hydrogen) atoms. The second-order valence-corrected chi connectivity index (χ2v) is 6.79. The van der Waals surface area contributed by atoms with Crippen LogP contribution in [0.2, 0.25) is 0 Å². The number of hydrogen-bond donors (Lipinski definition) is 0. The van der Waals surface area contributed by atoms with Crippen molar-refractivity contribution in [1.29, 1.82) is 0 Å². The Hall–Kier alpha value is -2.70. The zero-order chi connectivity index (χ0) is 16.3. The van der Waals surface area contributed by atoms with Gasteiger partial charge in [-0.3, -0.25) is 9.20 Å². The van der Waals surface area contributed by atoms with Crippen molar-refractivity contribution >= 4 is 11.5 Å². The Bertz CT molecular complexity index is 990. The highest BCUT2D eigenvalue weighted by Crippen LogP contribution is 2.37. The van der Waals surface area contributed by atoms with Gasteiger partial charge in [-0.25, -0.2) is 4.98 Å². The number of fused-ring (bicyclic) bond motifs is 5. The topological polar surface area (TPSA) is 68.3 Å². The zero-order valence-corrected chi connectivity index (χ0v) is 13.5. The Morgan fingerprint density at radius 1 is 1.17 bits per heavy atom. The van der Waals surface area contributed by atoms with Crippen LogP contribution in [-0.4, -0.2) is 37.2 Å². The summed E-state index contributed by atoms with van der Waals surface area (Å²) in [7, 11) is 0. The van der Waals surface area contributed by atoms with Gasteiger partial charge in [-0.1, -0.05) is 6.07 Å². The molecule has 2 bridgehead atoms. The SMILES string of the molecule is Cc1nnc2c(N3CC4CC(C3)c3cccc(=O)n3C4)nccn12. The van der Waals surface area contributed by atoms with Gasteiger partial charge < -0.3 is 9.47 Å². The maximum atomic E-state index is 12.1. The number of aromatic nitrogens is 5. The zero-order valence-electron chi connectivity index (χ0n) is 13.5. The third-order valence-electron chi connectivity index (χ3n) is 5.26. The van der Waals surface area contributed by atoms with E-state index in [1.807, 2.05) is 34.4 Å². The molecule has 2 atom stereocenters. The minimum Gasteiger partial charge on any atom is -0.352 e. The second-order valence-electron chi connectivity index (χ2n) is 6.79. The molecule has 3 aromatic heterocycles. The molecular weight excluding hydrogens is 304 g/mol. The van der Waals surface area contributed by atoms with Crippen LogP contribution in [-0.2, 0) is 6.54 Å². The van der Waals surface area contributed by atoms with Gasteiger partial charge >= 0.3 is 0 Å². The second kappa shape index (κ2) is 4.90. The van der Waals surface area contributed by atoms with Crippen LogP contribution in [0.15, 0.2) is 35.4 Å². The van der Waals surface area contributed by atoms with Crippen LogP contribution < -0.4 is 10.5 Å². The molecule has 0 aliphatic carbocycles. The van der Waals surface area contributed by atoms with Crippen LogP contribution in [0.25, 0.3) is 5.65 Å². The quantitative estimate of drug-likeness (QED) is 0.674. The lowest BCUT2D eigenvalue weighted by Gasteiger charge is -2.43. The van der Waals surface area contributed by atoms with Crippen molar-refractivity contribution in [2.75, 3.05) is 18.0 Å². The third-order valence-corrected chi connectivity index (χ3v) is 5.26. The van der Waals surface area contributed by atoms with E-state index in [0.29, 0.717) is 11.8 Å². The van der Waals surface area contributed by atoms with Crippen molar-refractivity contribution in [2.24, 2.45) is 5.92 Å². The summed E-state index contributed by atoms with van der Waals surface area (Å²) < 4.78 is 3.93. The number of rotatable bonds is 1. The minimum atomic E-state index is 0.115. The van der Waals surface area contributed by atoms with Gasteiger partial charge in [-0.05, 0) is 25.3 Å². The van der Waals surface area contributed by atoms with E-state index in [2.05, 4.69) is 26.1 Å². The van der Waals surface area contributed by atoms with Crippen LogP contribution >= 0.6 is 0 Å². The predicted molar refractivity (Wildman–Crippen MR) is 89.3 cm³/mol. The van der Waals surface area contributed by atoms with Crippen molar-refractivity contribution in [2.45, 2.75) is 25.8 Å². The molecule has 3 aromatic rings. The van der Waals surface area contributed by atoms with E-state index in [1.165, 1.54) is 0 Å². The van der Waals surface area contributed by atoms with Crippen molar-refractivity contribution in [3.63, 3.8) is 0 Å². The first kappa shape index (κ1) is 13.7. The van der Waals surface area contributed by atoms with Crippen LogP contribution in [0.3, 0.4) is 0 Å². The van der Waals surface area contributed by atoms with E-state index in [-0.39, 0.29) is 5.56 Å². The average molecular weight is 322 g/mol. The molecule has 1 fully saturated rings. The van der Waals surface area contributed by atoms with Crippen LogP contribution in [0.5, 0.6) is 0 Å². The summed E-state index contributed by atoms with van der Waals surface area (Å²) >= 11 is 0. The molecule has 122 valence electrons. The van der Waals surface area contributed by atoms with Crippen molar-refractivity contribution < 1.29 is 0 Å². The first-order valence-electron chi connectivity index (χ1n) is 8.32. The molecule has 2 unspecified atom stereocenters. The number of aryl methyl sites for hydroxylation is 1. The fourth-order valence-corrected chi connectivity index (χ4v) is 4.22. The lowest BCUT2D eigenvalue weighted by atomic mass is 9.83. The molecule has 5 rings (SSSR count). The van der Waals surface area contributed by atoms with E-state index in [1.54, 1.807) is 6.07 Å². The molecule has 7 nitrogen and oxygen atoms in total. The smallest absolute Gasteiger partial charge is 0.250 e. The summed E-state index contributed by atoms with van der Waals surface area (Å²) in [6.07, 6.45) is 4.84. The van der Waals surface area contributed by atoms with Crippen molar-refractivity contribution in [3.8, 4) is 0 Å². The first-order valence-corrected chi connectivity index (χ1v) is 8.32. The van der Waals surface area contributed by atoms with Gasteiger partial charge in [0.1, 0.15) is 5.82 Å². The molecule has 2 aliphatic heterocycles. The first-order chi connectivity index (χ1) is 11.7. The lowest BCUT2D eigenvalue weighted by molar-refractivity contribution is 0.281. The fraction of sp³-hybridized carbons (Fsp3) is 0.412. The monoisotopic (exact) mass is 322 g/mol. The van der Waals surface area contributed by atoms with E-state index in [9.17, 15) is 4.79 Å². The maximum Gasteiger partial charge on any atom is 0.250 e. The Kier molecular flexibility index (Phi) is 2.80. The number of pyridine rings is 1. The van der Waals surface area contributed by atoms with Gasteiger partial charge in [-0.2, -0.15) is 0 Å². The summed E-state index contributed by atoms with van der Waals surface area (Å²) in [5.74, 6) is 2.57. The summed E-state index contributed by atoms with van der Waals surface area (Å²) in [5, 5.41) is 8.47. The van der Waals surface area contributed by atoms with Gasteiger partial charge in [0.05, 0.1) is 0 Å². The predicted octanol–water partition coefficient (Wildman–Crippen LogP) is 1.22. The van der Waals surface area contributed by atoms with Gasteiger partial charge in [0.15, 0.2) is 5.82 Å². The number of anilines is 1. The van der Waals surface area contributed by atoms with E-state index in [4.69, 9.17) is 0 Å². The molecular formula is C17H18N6O. The normalized spacial score (nSPS) is 22.6. The molecule has 0 amide bonds. The highest BCUT2D eigenvalue weighted by atomic mass is 16.1. The number of hydrogen-bond acceptors (Lipinski definition) is 5. The van der Waals surface area contributed by atoms with Crippen molar-refractivity contribution in [3.05, 3.63) is 52.5 Å². The van der Waals surface area contributed by atoms with Crippen LogP contribution in [0.1, 0.15) is 23.9 Å². The summed E-state index contributed by atoms with van der Waals surface area (Å²) in [4.78, 5) is 19.0. The highest BCUT2D eigenvalue weighted by molar-refractivity contribution is 5.64. The minimum absolute atomic E-state index is 0.115. The summed E-state index contributed by atoms with van der Waals surface area (Å²) in [6.45, 7) is 4.49. The van der Waals surface area contributed by atoms with Crippen LogP contribution in [0.4, 0.5) is 5.82 Å². The third kappa shape index (κ3) is 1.90. The Balaban J connectivity index is 1.57. The van der Waals surface area contributed by atoms with E-state index in [0.717, 1.165) is 49.0 Å². The molecule has 0 N–H and O–H groups in total. The average Bonchev–Trinajstić information content (AvgIpc) is 2.97. The van der Waals surface area contributed by atoms with Crippen molar-refractivity contribution in [1.82, 2.24) is 24.1 Å². The largest absolute Gasteiger partial charge is 0.352 e. The molecule has 0 saturated carbocycles. The number of nitrogens with zero attached hydrogens (tertiary/aromatic N) is 6. The summed E-state index contributed by atoms with van der Waals surface area (Å²) in [5.41, 5.74) is 2.07.